The normalized spacial score (nSPS) is 9.79. The van der Waals surface area contributed by atoms with Crippen LogP contribution in [0.3, 0.4) is 0 Å². The molecule has 0 amide bonds. The van der Waals surface area contributed by atoms with Gasteiger partial charge in [0.2, 0.25) is 0 Å². The second kappa shape index (κ2) is 10.9. The molecule has 28 heavy (non-hydrogen) atoms. The van der Waals surface area contributed by atoms with Crippen molar-refractivity contribution >= 4 is 0 Å². The van der Waals surface area contributed by atoms with E-state index in [1.165, 1.54) is 55.6 Å². The molecule has 0 nitrogen and oxygen atoms in total. The summed E-state index contributed by atoms with van der Waals surface area (Å²) in [5.41, 5.74) is 13.8. The van der Waals surface area contributed by atoms with Crippen LogP contribution in [0.25, 0.3) is 0 Å². The molecule has 0 aliphatic carbocycles. The van der Waals surface area contributed by atoms with Crippen molar-refractivity contribution in [1.29, 1.82) is 0 Å². The molecule has 0 fully saturated rings. The standard InChI is InChI=1S/C10H14.2C9H12/c1-7-5-8(2)10(4)9(3)6-7;2*1-7-4-5-8(2)9(3)6-7/h5-6H,1-4H3;2*4-6H,1-3H3. The van der Waals surface area contributed by atoms with Crippen molar-refractivity contribution in [3.8, 4) is 0 Å². The average Bonchev–Trinajstić information content (AvgIpc) is 2.61. The van der Waals surface area contributed by atoms with E-state index in [2.05, 4.69) is 118 Å². The smallest absolute Gasteiger partial charge is 0.0392 e. The van der Waals surface area contributed by atoms with Crippen molar-refractivity contribution in [1.82, 2.24) is 0 Å². The first-order chi connectivity index (χ1) is 13.0. The van der Waals surface area contributed by atoms with E-state index in [0.29, 0.717) is 0 Å². The van der Waals surface area contributed by atoms with Crippen LogP contribution >= 0.6 is 0 Å². The molecule has 0 bridgehead atoms. The predicted molar refractivity (Wildman–Crippen MR) is 127 cm³/mol. The molecule has 0 spiro atoms. The van der Waals surface area contributed by atoms with E-state index < -0.39 is 0 Å². The third-order valence-electron chi connectivity index (χ3n) is 5.40. The minimum absolute atomic E-state index is 1.35. The molecule has 3 rings (SSSR count). The molecule has 0 heteroatoms. The minimum atomic E-state index is 1.35. The topological polar surface area (TPSA) is 0 Å². The molecule has 0 radical (unpaired) electrons. The Morgan fingerprint density at radius 1 is 0.321 bits per heavy atom. The molecule has 0 saturated heterocycles. The zero-order valence-corrected chi connectivity index (χ0v) is 19.6. The molecule has 0 aromatic heterocycles. The number of hydrogen-bond donors (Lipinski definition) is 0. The molecular formula is C28H38. The minimum Gasteiger partial charge on any atom is -0.0590 e. The number of rotatable bonds is 0. The Kier molecular flexibility index (Phi) is 9.19. The monoisotopic (exact) mass is 374 g/mol. The average molecular weight is 375 g/mol. The summed E-state index contributed by atoms with van der Waals surface area (Å²) in [6.45, 7) is 21.4. The van der Waals surface area contributed by atoms with Crippen molar-refractivity contribution in [2.24, 2.45) is 0 Å². The van der Waals surface area contributed by atoms with E-state index in [9.17, 15) is 0 Å². The van der Waals surface area contributed by atoms with E-state index in [1.807, 2.05) is 0 Å². The lowest BCUT2D eigenvalue weighted by Gasteiger charge is -2.04. The third-order valence-corrected chi connectivity index (χ3v) is 5.40. The Labute approximate surface area is 173 Å². The lowest BCUT2D eigenvalue weighted by molar-refractivity contribution is 1.23. The second-order valence-electron chi connectivity index (χ2n) is 8.20. The molecule has 3 aromatic carbocycles. The summed E-state index contributed by atoms with van der Waals surface area (Å²) < 4.78 is 0. The van der Waals surface area contributed by atoms with Crippen LogP contribution < -0.4 is 0 Å². The first-order valence-electron chi connectivity index (χ1n) is 10.1. The lowest BCUT2D eigenvalue weighted by Crippen LogP contribution is -1.86. The van der Waals surface area contributed by atoms with Crippen molar-refractivity contribution in [3.63, 3.8) is 0 Å². The summed E-state index contributed by atoms with van der Waals surface area (Å²) in [4.78, 5) is 0. The van der Waals surface area contributed by atoms with E-state index in [-0.39, 0.29) is 0 Å². The molecule has 0 atom stereocenters. The largest absolute Gasteiger partial charge is 0.0590 e. The van der Waals surface area contributed by atoms with Gasteiger partial charge in [0.05, 0.1) is 0 Å². The van der Waals surface area contributed by atoms with Gasteiger partial charge in [-0.15, -0.1) is 0 Å². The van der Waals surface area contributed by atoms with Crippen LogP contribution in [0.5, 0.6) is 0 Å². The summed E-state index contributed by atoms with van der Waals surface area (Å²) in [6.07, 6.45) is 0. The molecule has 0 N–H and O–H groups in total. The Hall–Kier alpha value is -2.34. The van der Waals surface area contributed by atoms with Crippen LogP contribution in [0.15, 0.2) is 48.5 Å². The van der Waals surface area contributed by atoms with Gasteiger partial charge in [-0.05, 0) is 108 Å². The molecule has 0 saturated carbocycles. The lowest BCUT2D eigenvalue weighted by atomic mass is 10.0. The van der Waals surface area contributed by atoms with Gasteiger partial charge in [0.25, 0.3) is 0 Å². The van der Waals surface area contributed by atoms with Crippen molar-refractivity contribution in [2.45, 2.75) is 69.2 Å². The first-order valence-corrected chi connectivity index (χ1v) is 10.1. The maximum Gasteiger partial charge on any atom is -0.0392 e. The maximum absolute atomic E-state index is 2.22. The highest BCUT2D eigenvalue weighted by molar-refractivity contribution is 5.36. The Bertz CT molecular complexity index is 841. The fourth-order valence-corrected chi connectivity index (χ4v) is 3.03. The number of hydrogen-bond acceptors (Lipinski definition) is 0. The first kappa shape index (κ1) is 23.7. The van der Waals surface area contributed by atoms with Crippen LogP contribution in [0.2, 0.25) is 0 Å². The van der Waals surface area contributed by atoms with Gasteiger partial charge in [-0.1, -0.05) is 65.2 Å². The molecular weight excluding hydrogens is 336 g/mol. The maximum atomic E-state index is 2.22. The van der Waals surface area contributed by atoms with Crippen molar-refractivity contribution < 1.29 is 0 Å². The van der Waals surface area contributed by atoms with Gasteiger partial charge in [0, 0.05) is 0 Å². The van der Waals surface area contributed by atoms with Gasteiger partial charge in [-0.3, -0.25) is 0 Å². The van der Waals surface area contributed by atoms with E-state index in [0.717, 1.165) is 0 Å². The molecule has 0 aliphatic rings. The highest BCUT2D eigenvalue weighted by atomic mass is 14.0. The Morgan fingerprint density at radius 2 is 0.643 bits per heavy atom. The summed E-state index contributed by atoms with van der Waals surface area (Å²) in [7, 11) is 0. The summed E-state index contributed by atoms with van der Waals surface area (Å²) >= 11 is 0. The van der Waals surface area contributed by atoms with E-state index in [1.54, 1.807) is 0 Å². The van der Waals surface area contributed by atoms with Crippen LogP contribution in [-0.2, 0) is 0 Å². The van der Waals surface area contributed by atoms with Crippen LogP contribution in [-0.4, -0.2) is 0 Å². The van der Waals surface area contributed by atoms with E-state index in [4.69, 9.17) is 0 Å². The highest BCUT2D eigenvalue weighted by Gasteiger charge is 1.96. The zero-order chi connectivity index (χ0) is 21.4. The molecule has 0 aliphatic heterocycles. The van der Waals surface area contributed by atoms with Crippen molar-refractivity contribution in [2.75, 3.05) is 0 Å². The van der Waals surface area contributed by atoms with Gasteiger partial charge in [-0.25, -0.2) is 0 Å². The SMILES string of the molecule is Cc1cc(C)c(C)c(C)c1.Cc1ccc(C)c(C)c1.Cc1ccc(C)c(C)c1. The fraction of sp³-hybridized carbons (Fsp3) is 0.357. The number of benzene rings is 3. The third kappa shape index (κ3) is 7.72. The van der Waals surface area contributed by atoms with Gasteiger partial charge < -0.3 is 0 Å². The van der Waals surface area contributed by atoms with Gasteiger partial charge in [0.1, 0.15) is 0 Å². The van der Waals surface area contributed by atoms with Gasteiger partial charge in [-0.2, -0.15) is 0 Å². The van der Waals surface area contributed by atoms with Gasteiger partial charge >= 0.3 is 0 Å². The predicted octanol–water partition coefficient (Wildman–Crippen LogP) is 8.14. The summed E-state index contributed by atoms with van der Waals surface area (Å²) in [5, 5.41) is 0. The Balaban J connectivity index is 0.000000210. The van der Waals surface area contributed by atoms with E-state index >= 15 is 0 Å². The second-order valence-corrected chi connectivity index (χ2v) is 8.20. The summed E-state index contributed by atoms with van der Waals surface area (Å²) in [6, 6.07) is 17.5. The molecule has 3 aromatic rings. The molecule has 150 valence electrons. The highest BCUT2D eigenvalue weighted by Crippen LogP contribution is 2.14. The van der Waals surface area contributed by atoms with Crippen LogP contribution in [0.4, 0.5) is 0 Å². The number of aryl methyl sites for hydroxylation is 9. The summed E-state index contributed by atoms with van der Waals surface area (Å²) in [5.74, 6) is 0. The molecule has 0 heterocycles. The van der Waals surface area contributed by atoms with Gasteiger partial charge in [0.15, 0.2) is 0 Å². The molecule has 0 unspecified atom stereocenters. The van der Waals surface area contributed by atoms with Crippen LogP contribution in [0.1, 0.15) is 55.6 Å². The zero-order valence-electron chi connectivity index (χ0n) is 19.6. The Morgan fingerprint density at radius 3 is 0.929 bits per heavy atom. The fourth-order valence-electron chi connectivity index (χ4n) is 3.03. The quantitative estimate of drug-likeness (QED) is 0.372. The van der Waals surface area contributed by atoms with Crippen molar-refractivity contribution in [3.05, 3.63) is 104 Å². The van der Waals surface area contributed by atoms with Crippen LogP contribution in [0, 0.1) is 69.2 Å².